The molecule has 0 aromatic carbocycles. The van der Waals surface area contributed by atoms with Crippen LogP contribution in [0.4, 0.5) is 0 Å². The molecule has 0 amide bonds. The summed E-state index contributed by atoms with van der Waals surface area (Å²) in [5.74, 6) is 0. The SMILES string of the molecule is C[CH2][Ge]([CH2]C)([CH2]C)[CH]1CCCNC1. The van der Waals surface area contributed by atoms with Crippen LogP contribution in [0, 0.1) is 0 Å². The quantitative estimate of drug-likeness (QED) is 0.748. The number of piperidine rings is 1. The van der Waals surface area contributed by atoms with Crippen LogP contribution in [0.5, 0.6) is 0 Å². The summed E-state index contributed by atoms with van der Waals surface area (Å²) in [5.41, 5.74) is 0. The molecule has 0 saturated carbocycles. The zero-order valence-electron chi connectivity index (χ0n) is 9.53. The zero-order valence-corrected chi connectivity index (χ0v) is 11.6. The van der Waals surface area contributed by atoms with E-state index < -0.39 is 13.3 Å². The Bertz CT molecular complexity index is 129. The molecule has 1 atom stereocenters. The van der Waals surface area contributed by atoms with E-state index in [1.54, 1.807) is 15.8 Å². The monoisotopic (exact) mass is 245 g/mol. The summed E-state index contributed by atoms with van der Waals surface area (Å²) in [4.78, 5) is 0. The molecule has 1 nitrogen and oxygen atoms in total. The number of rotatable bonds is 4. The third-order valence-corrected chi connectivity index (χ3v) is 17.8. The van der Waals surface area contributed by atoms with Gasteiger partial charge in [-0.25, -0.2) is 0 Å². The van der Waals surface area contributed by atoms with Crippen molar-refractivity contribution in [1.29, 1.82) is 0 Å². The average Bonchev–Trinajstić information content (AvgIpc) is 2.23. The molecule has 1 saturated heterocycles. The molecule has 1 rings (SSSR count). The second-order valence-corrected chi connectivity index (χ2v) is 16.3. The molecule has 1 N–H and O–H groups in total. The van der Waals surface area contributed by atoms with Crippen molar-refractivity contribution in [1.82, 2.24) is 5.32 Å². The Morgan fingerprint density at radius 3 is 2.15 bits per heavy atom. The first kappa shape index (κ1) is 11.6. The average molecular weight is 244 g/mol. The molecular formula is C11H25GeN. The van der Waals surface area contributed by atoms with Crippen LogP contribution in [-0.2, 0) is 0 Å². The topological polar surface area (TPSA) is 12.0 Å². The van der Waals surface area contributed by atoms with Gasteiger partial charge in [-0.2, -0.15) is 0 Å². The Balaban J connectivity index is 2.60. The van der Waals surface area contributed by atoms with Crippen molar-refractivity contribution in [2.75, 3.05) is 13.1 Å². The van der Waals surface area contributed by atoms with Crippen LogP contribution >= 0.6 is 0 Å². The fraction of sp³-hybridized carbons (Fsp3) is 1.00. The van der Waals surface area contributed by atoms with Gasteiger partial charge in [0.1, 0.15) is 0 Å². The van der Waals surface area contributed by atoms with Crippen LogP contribution in [0.3, 0.4) is 0 Å². The maximum atomic E-state index is 3.59. The predicted octanol–water partition coefficient (Wildman–Crippen LogP) is 3.25. The van der Waals surface area contributed by atoms with E-state index in [2.05, 4.69) is 26.1 Å². The normalized spacial score (nSPS) is 24.7. The number of hydrogen-bond donors (Lipinski definition) is 1. The van der Waals surface area contributed by atoms with Gasteiger partial charge in [-0.05, 0) is 0 Å². The minimum atomic E-state index is -1.41. The molecule has 0 aliphatic carbocycles. The Hall–Kier alpha value is 0.503. The molecular weight excluding hydrogens is 219 g/mol. The predicted molar refractivity (Wildman–Crippen MR) is 63.1 cm³/mol. The minimum absolute atomic E-state index is 1.12. The molecule has 0 bridgehead atoms. The summed E-state index contributed by atoms with van der Waals surface area (Å²) in [6, 6.07) is 0. The first-order valence-electron chi connectivity index (χ1n) is 5.99. The first-order chi connectivity index (χ1) is 6.29. The molecule has 1 aliphatic rings. The first-order valence-corrected chi connectivity index (χ1v) is 11.7. The van der Waals surface area contributed by atoms with E-state index in [1.165, 1.54) is 25.9 Å². The maximum absolute atomic E-state index is 3.59. The second kappa shape index (κ2) is 5.40. The van der Waals surface area contributed by atoms with Crippen molar-refractivity contribution in [2.24, 2.45) is 0 Å². The van der Waals surface area contributed by atoms with Crippen LogP contribution in [0.2, 0.25) is 20.5 Å². The Morgan fingerprint density at radius 2 is 1.77 bits per heavy atom. The van der Waals surface area contributed by atoms with Crippen molar-refractivity contribution in [3.63, 3.8) is 0 Å². The van der Waals surface area contributed by atoms with Crippen LogP contribution in [0.25, 0.3) is 0 Å². The van der Waals surface area contributed by atoms with Gasteiger partial charge in [0.25, 0.3) is 0 Å². The van der Waals surface area contributed by atoms with E-state index in [1.807, 2.05) is 0 Å². The van der Waals surface area contributed by atoms with Crippen molar-refractivity contribution in [2.45, 2.75) is 54.1 Å². The molecule has 0 aromatic rings. The van der Waals surface area contributed by atoms with E-state index in [0.29, 0.717) is 0 Å². The van der Waals surface area contributed by atoms with Gasteiger partial charge in [0.2, 0.25) is 0 Å². The Morgan fingerprint density at radius 1 is 1.15 bits per heavy atom. The molecule has 0 aromatic heterocycles. The molecule has 78 valence electrons. The van der Waals surface area contributed by atoms with E-state index >= 15 is 0 Å². The summed E-state index contributed by atoms with van der Waals surface area (Å²) in [6.07, 6.45) is 2.96. The molecule has 1 unspecified atom stereocenters. The third kappa shape index (κ3) is 2.50. The van der Waals surface area contributed by atoms with E-state index in [9.17, 15) is 0 Å². The van der Waals surface area contributed by atoms with E-state index in [4.69, 9.17) is 0 Å². The van der Waals surface area contributed by atoms with Crippen LogP contribution in [0.15, 0.2) is 0 Å². The summed E-state index contributed by atoms with van der Waals surface area (Å²) >= 11 is -1.41. The van der Waals surface area contributed by atoms with Gasteiger partial charge in [0, 0.05) is 0 Å². The van der Waals surface area contributed by atoms with Crippen molar-refractivity contribution < 1.29 is 0 Å². The van der Waals surface area contributed by atoms with E-state index in [-0.39, 0.29) is 0 Å². The molecule has 0 radical (unpaired) electrons. The number of hydrogen-bond acceptors (Lipinski definition) is 1. The molecule has 1 heterocycles. The van der Waals surface area contributed by atoms with Crippen LogP contribution in [-0.4, -0.2) is 26.4 Å². The Kier molecular flexibility index (Phi) is 4.81. The molecule has 1 aliphatic heterocycles. The van der Waals surface area contributed by atoms with Gasteiger partial charge in [-0.1, -0.05) is 0 Å². The van der Waals surface area contributed by atoms with Crippen molar-refractivity contribution in [3.8, 4) is 0 Å². The third-order valence-electron chi connectivity index (χ3n) is 4.28. The molecule has 0 spiro atoms. The summed E-state index contributed by atoms with van der Waals surface area (Å²) < 4.78 is 1.12. The van der Waals surface area contributed by atoms with Crippen LogP contribution < -0.4 is 5.32 Å². The Labute approximate surface area is 86.0 Å². The van der Waals surface area contributed by atoms with Crippen LogP contribution in [0.1, 0.15) is 33.6 Å². The summed E-state index contributed by atoms with van der Waals surface area (Å²) in [6.45, 7) is 9.95. The standard InChI is InChI=1S/C11H25GeN/c1-4-12(5-2,6-3)11-8-7-9-13-10-11/h11,13H,4-10H2,1-3H3. The number of nitrogens with one attached hydrogen (secondary N) is 1. The fourth-order valence-corrected chi connectivity index (χ4v) is 12.7. The molecule has 1 fully saturated rings. The fourth-order valence-electron chi connectivity index (χ4n) is 2.99. The van der Waals surface area contributed by atoms with E-state index in [0.717, 1.165) is 4.75 Å². The van der Waals surface area contributed by atoms with Gasteiger partial charge < -0.3 is 0 Å². The van der Waals surface area contributed by atoms with Gasteiger partial charge >= 0.3 is 85.8 Å². The zero-order chi connectivity index (χ0) is 9.73. The van der Waals surface area contributed by atoms with Gasteiger partial charge in [-0.3, -0.25) is 0 Å². The van der Waals surface area contributed by atoms with Crippen molar-refractivity contribution in [3.05, 3.63) is 0 Å². The van der Waals surface area contributed by atoms with Crippen molar-refractivity contribution >= 4 is 13.3 Å². The van der Waals surface area contributed by atoms with Gasteiger partial charge in [0.05, 0.1) is 0 Å². The van der Waals surface area contributed by atoms with Gasteiger partial charge in [-0.15, -0.1) is 0 Å². The van der Waals surface area contributed by atoms with Gasteiger partial charge in [0.15, 0.2) is 0 Å². The summed E-state index contributed by atoms with van der Waals surface area (Å²) in [7, 11) is 0. The second-order valence-electron chi connectivity index (χ2n) is 4.47. The molecule has 13 heavy (non-hydrogen) atoms. The summed E-state index contributed by atoms with van der Waals surface area (Å²) in [5, 5.41) is 8.21. The molecule has 2 heteroatoms.